The third-order valence-electron chi connectivity index (χ3n) is 5.27. The highest BCUT2D eigenvalue weighted by Gasteiger charge is 2.17. The summed E-state index contributed by atoms with van der Waals surface area (Å²) in [5.41, 5.74) is 1.64. The van der Waals surface area contributed by atoms with Crippen molar-refractivity contribution in [2.45, 2.75) is 12.8 Å². The Kier molecular flexibility index (Phi) is 4.35. The fraction of sp³-hybridized carbons (Fsp3) is 0.227. The van der Waals surface area contributed by atoms with E-state index in [0.29, 0.717) is 17.0 Å². The molecule has 29 heavy (non-hydrogen) atoms. The van der Waals surface area contributed by atoms with Crippen LogP contribution in [0, 0.1) is 5.82 Å². The second-order valence-electron chi connectivity index (χ2n) is 7.05. The van der Waals surface area contributed by atoms with Gasteiger partial charge in [0.2, 0.25) is 0 Å². The predicted molar refractivity (Wildman–Crippen MR) is 110 cm³/mol. The van der Waals surface area contributed by atoms with Crippen molar-refractivity contribution in [2.24, 2.45) is 0 Å². The van der Waals surface area contributed by atoms with E-state index >= 15 is 0 Å². The van der Waals surface area contributed by atoms with Gasteiger partial charge in [0.1, 0.15) is 17.4 Å². The number of hydrogen-bond donors (Lipinski definition) is 0. The van der Waals surface area contributed by atoms with Gasteiger partial charge in [0.25, 0.3) is 0 Å². The zero-order chi connectivity index (χ0) is 19.8. The SMILES string of the molecule is COc1cccc(F)c1-c1cc2c(cn1)cnn2-c1cccc(N2CCCC2)n1. The van der Waals surface area contributed by atoms with Gasteiger partial charge in [-0.2, -0.15) is 5.10 Å². The molecule has 4 aromatic rings. The quantitative estimate of drug-likeness (QED) is 0.523. The summed E-state index contributed by atoms with van der Waals surface area (Å²) in [6.45, 7) is 2.05. The molecule has 1 aliphatic heterocycles. The molecule has 3 aromatic heterocycles. The van der Waals surface area contributed by atoms with Crippen molar-refractivity contribution in [1.29, 1.82) is 0 Å². The first kappa shape index (κ1) is 17.6. The minimum atomic E-state index is -0.378. The number of aromatic nitrogens is 4. The second kappa shape index (κ2) is 7.16. The maximum Gasteiger partial charge on any atom is 0.156 e. The summed E-state index contributed by atoms with van der Waals surface area (Å²) in [7, 11) is 1.52. The molecule has 4 heterocycles. The third kappa shape index (κ3) is 3.08. The molecule has 1 aromatic carbocycles. The lowest BCUT2D eigenvalue weighted by Crippen LogP contribution is -2.19. The Balaban J connectivity index is 1.62. The molecule has 6 nitrogen and oxygen atoms in total. The van der Waals surface area contributed by atoms with E-state index in [2.05, 4.69) is 15.0 Å². The topological polar surface area (TPSA) is 56.1 Å². The van der Waals surface area contributed by atoms with E-state index in [1.165, 1.54) is 26.0 Å². The Labute approximate surface area is 167 Å². The van der Waals surface area contributed by atoms with Gasteiger partial charge in [0.15, 0.2) is 5.82 Å². The number of nitrogens with zero attached hydrogens (tertiary/aromatic N) is 5. The largest absolute Gasteiger partial charge is 0.496 e. The zero-order valence-electron chi connectivity index (χ0n) is 16.0. The van der Waals surface area contributed by atoms with Crippen LogP contribution in [-0.2, 0) is 0 Å². The predicted octanol–water partition coefficient (Wildman–Crippen LogP) is 4.23. The Morgan fingerprint density at radius 1 is 1.00 bits per heavy atom. The van der Waals surface area contributed by atoms with Crippen molar-refractivity contribution in [3.8, 4) is 22.8 Å². The highest BCUT2D eigenvalue weighted by atomic mass is 19.1. The van der Waals surface area contributed by atoms with Crippen LogP contribution >= 0.6 is 0 Å². The van der Waals surface area contributed by atoms with Crippen LogP contribution < -0.4 is 9.64 Å². The van der Waals surface area contributed by atoms with E-state index < -0.39 is 0 Å². The molecule has 1 aliphatic rings. The molecule has 0 saturated carbocycles. The van der Waals surface area contributed by atoms with Gasteiger partial charge >= 0.3 is 0 Å². The summed E-state index contributed by atoms with van der Waals surface area (Å²) >= 11 is 0. The molecule has 0 unspecified atom stereocenters. The maximum atomic E-state index is 14.5. The van der Waals surface area contributed by atoms with Crippen molar-refractivity contribution in [3.05, 3.63) is 60.7 Å². The molecule has 7 heteroatoms. The highest BCUT2D eigenvalue weighted by molar-refractivity contribution is 5.84. The first-order valence-corrected chi connectivity index (χ1v) is 9.63. The molecule has 5 rings (SSSR count). The smallest absolute Gasteiger partial charge is 0.156 e. The van der Waals surface area contributed by atoms with Gasteiger partial charge in [-0.1, -0.05) is 12.1 Å². The molecule has 0 radical (unpaired) electrons. The number of anilines is 1. The lowest BCUT2D eigenvalue weighted by Gasteiger charge is -2.17. The summed E-state index contributed by atoms with van der Waals surface area (Å²) in [6.07, 6.45) is 5.82. The molecule has 0 N–H and O–H groups in total. The summed E-state index contributed by atoms with van der Waals surface area (Å²) in [5, 5.41) is 5.36. The third-order valence-corrected chi connectivity index (χ3v) is 5.27. The van der Waals surface area contributed by atoms with E-state index in [0.717, 1.165) is 35.6 Å². The Morgan fingerprint density at radius 3 is 2.62 bits per heavy atom. The molecular weight excluding hydrogens is 369 g/mol. The van der Waals surface area contributed by atoms with Gasteiger partial charge in [-0.15, -0.1) is 0 Å². The van der Waals surface area contributed by atoms with Crippen LogP contribution in [0.1, 0.15) is 12.8 Å². The van der Waals surface area contributed by atoms with Gasteiger partial charge < -0.3 is 9.64 Å². The molecule has 0 spiro atoms. The van der Waals surface area contributed by atoms with E-state index in [-0.39, 0.29) is 5.82 Å². The summed E-state index contributed by atoms with van der Waals surface area (Å²) in [5.74, 6) is 1.74. The number of hydrogen-bond acceptors (Lipinski definition) is 5. The molecule has 0 aliphatic carbocycles. The van der Waals surface area contributed by atoms with Gasteiger partial charge in [-0.05, 0) is 43.2 Å². The van der Waals surface area contributed by atoms with Crippen LogP contribution in [0.15, 0.2) is 54.9 Å². The molecule has 1 fully saturated rings. The van der Waals surface area contributed by atoms with Crippen LogP contribution in [0.3, 0.4) is 0 Å². The van der Waals surface area contributed by atoms with Crippen LogP contribution in [-0.4, -0.2) is 39.9 Å². The normalized spacial score (nSPS) is 13.9. The standard InChI is InChI=1S/C22H20FN5O/c1-29-19-7-4-6-16(23)22(19)17-12-18-15(13-24-17)14-25-28(18)21-9-5-8-20(26-21)27-10-2-3-11-27/h4-9,12-14H,2-3,10-11H2,1H3. The average molecular weight is 389 g/mol. The van der Waals surface area contributed by atoms with Gasteiger partial charge in [-0.25, -0.2) is 14.1 Å². The molecule has 0 atom stereocenters. The van der Waals surface area contributed by atoms with Crippen LogP contribution in [0.5, 0.6) is 5.75 Å². The fourth-order valence-electron chi connectivity index (χ4n) is 3.82. The minimum Gasteiger partial charge on any atom is -0.496 e. The van der Waals surface area contributed by atoms with Crippen LogP contribution in [0.4, 0.5) is 10.2 Å². The van der Waals surface area contributed by atoms with E-state index in [4.69, 9.17) is 9.72 Å². The highest BCUT2D eigenvalue weighted by Crippen LogP contribution is 2.33. The molecule has 0 bridgehead atoms. The first-order chi connectivity index (χ1) is 14.2. The van der Waals surface area contributed by atoms with Gasteiger partial charge in [0, 0.05) is 24.7 Å². The van der Waals surface area contributed by atoms with Crippen LogP contribution in [0.25, 0.3) is 28.0 Å². The second-order valence-corrected chi connectivity index (χ2v) is 7.05. The van der Waals surface area contributed by atoms with E-state index in [1.54, 1.807) is 29.2 Å². The van der Waals surface area contributed by atoms with Crippen molar-refractivity contribution >= 4 is 16.7 Å². The molecule has 146 valence electrons. The summed E-state index contributed by atoms with van der Waals surface area (Å²) < 4.78 is 21.7. The number of halogens is 1. The fourth-order valence-corrected chi connectivity index (χ4v) is 3.82. The number of fused-ring (bicyclic) bond motifs is 1. The Morgan fingerprint density at radius 2 is 1.79 bits per heavy atom. The van der Waals surface area contributed by atoms with Crippen molar-refractivity contribution in [1.82, 2.24) is 19.7 Å². The number of methoxy groups -OCH3 is 1. The summed E-state index contributed by atoms with van der Waals surface area (Å²) in [6, 6.07) is 12.5. The molecular formula is C22H20FN5O. The average Bonchev–Trinajstić information content (AvgIpc) is 3.43. The van der Waals surface area contributed by atoms with Crippen molar-refractivity contribution < 1.29 is 9.13 Å². The molecule has 0 amide bonds. The van der Waals surface area contributed by atoms with Crippen LogP contribution in [0.2, 0.25) is 0 Å². The number of pyridine rings is 2. The van der Waals surface area contributed by atoms with Gasteiger partial charge in [-0.3, -0.25) is 4.98 Å². The lowest BCUT2D eigenvalue weighted by molar-refractivity contribution is 0.413. The van der Waals surface area contributed by atoms with E-state index in [9.17, 15) is 4.39 Å². The Hall–Kier alpha value is -3.48. The monoisotopic (exact) mass is 389 g/mol. The number of benzene rings is 1. The first-order valence-electron chi connectivity index (χ1n) is 9.63. The molecule has 1 saturated heterocycles. The summed E-state index contributed by atoms with van der Waals surface area (Å²) in [4.78, 5) is 11.5. The zero-order valence-corrected chi connectivity index (χ0v) is 16.0. The number of ether oxygens (including phenoxy) is 1. The van der Waals surface area contributed by atoms with Crippen molar-refractivity contribution in [2.75, 3.05) is 25.1 Å². The minimum absolute atomic E-state index is 0.337. The van der Waals surface area contributed by atoms with Crippen molar-refractivity contribution in [3.63, 3.8) is 0 Å². The number of rotatable bonds is 4. The lowest BCUT2D eigenvalue weighted by atomic mass is 10.1. The Bertz CT molecular complexity index is 1180. The van der Waals surface area contributed by atoms with Gasteiger partial charge in [0.05, 0.1) is 30.1 Å². The van der Waals surface area contributed by atoms with E-state index in [1.807, 2.05) is 24.3 Å². The maximum absolute atomic E-state index is 14.5.